The second-order valence-electron chi connectivity index (χ2n) is 7.69. The lowest BCUT2D eigenvalue weighted by Crippen LogP contribution is -2.38. The number of carbonyl (C=O) groups excluding carboxylic acids is 1. The van der Waals surface area contributed by atoms with Crippen LogP contribution in [0.4, 0.5) is 11.4 Å². The predicted octanol–water partition coefficient (Wildman–Crippen LogP) is 4.51. The van der Waals surface area contributed by atoms with E-state index in [2.05, 4.69) is 11.4 Å². The second-order valence-corrected chi connectivity index (χ2v) is 9.56. The number of sulfonamides is 1. The van der Waals surface area contributed by atoms with Gasteiger partial charge in [0.1, 0.15) is 6.54 Å². The van der Waals surface area contributed by atoms with Crippen molar-refractivity contribution in [2.45, 2.75) is 32.1 Å². The lowest BCUT2D eigenvalue weighted by atomic mass is 10.1. The number of nitrogens with one attached hydrogen (secondary N) is 1. The molecule has 0 spiro atoms. The highest BCUT2D eigenvalue weighted by molar-refractivity contribution is 7.92. The monoisotopic (exact) mass is 447 g/mol. The molecule has 7 heteroatoms. The summed E-state index contributed by atoms with van der Waals surface area (Å²) in [6.07, 6.45) is 0.281. The van der Waals surface area contributed by atoms with Crippen LogP contribution in [0.1, 0.15) is 22.3 Å². The van der Waals surface area contributed by atoms with Gasteiger partial charge in [0.25, 0.3) is 10.0 Å². The van der Waals surface area contributed by atoms with Crippen LogP contribution in [0, 0.1) is 32.1 Å². The average Bonchev–Trinajstić information content (AvgIpc) is 2.76. The van der Waals surface area contributed by atoms with Crippen molar-refractivity contribution >= 4 is 27.3 Å². The van der Waals surface area contributed by atoms with Gasteiger partial charge in [0.2, 0.25) is 5.91 Å². The van der Waals surface area contributed by atoms with E-state index in [-0.39, 0.29) is 17.9 Å². The van der Waals surface area contributed by atoms with Gasteiger partial charge in [-0.1, -0.05) is 42.0 Å². The van der Waals surface area contributed by atoms with E-state index in [1.54, 1.807) is 54.6 Å². The minimum atomic E-state index is -3.98. The Morgan fingerprint density at radius 2 is 1.56 bits per heavy atom. The number of nitriles is 1. The van der Waals surface area contributed by atoms with E-state index in [1.807, 2.05) is 32.9 Å². The maximum atomic E-state index is 13.5. The van der Waals surface area contributed by atoms with E-state index in [9.17, 15) is 13.2 Å². The number of amides is 1. The van der Waals surface area contributed by atoms with Gasteiger partial charge in [0, 0.05) is 5.69 Å². The number of carbonyl (C=O) groups is 1. The van der Waals surface area contributed by atoms with E-state index in [0.29, 0.717) is 11.4 Å². The van der Waals surface area contributed by atoms with E-state index in [0.717, 1.165) is 26.6 Å². The zero-order valence-corrected chi connectivity index (χ0v) is 19.1. The number of benzene rings is 3. The van der Waals surface area contributed by atoms with Gasteiger partial charge in [0.15, 0.2) is 0 Å². The molecule has 1 N–H and O–H groups in total. The van der Waals surface area contributed by atoms with Crippen LogP contribution in [0.2, 0.25) is 0 Å². The van der Waals surface area contributed by atoms with Crippen LogP contribution in [0.3, 0.4) is 0 Å². The molecule has 0 aliphatic rings. The third-order valence-corrected chi connectivity index (χ3v) is 6.82. The zero-order valence-electron chi connectivity index (χ0n) is 18.3. The molecule has 0 fully saturated rings. The van der Waals surface area contributed by atoms with Crippen molar-refractivity contribution in [2.75, 3.05) is 16.2 Å². The van der Waals surface area contributed by atoms with Gasteiger partial charge in [-0.2, -0.15) is 5.26 Å². The Hall–Kier alpha value is -3.63. The van der Waals surface area contributed by atoms with Crippen molar-refractivity contribution < 1.29 is 13.2 Å². The van der Waals surface area contributed by atoms with Gasteiger partial charge in [-0.25, -0.2) is 8.42 Å². The van der Waals surface area contributed by atoms with E-state index in [4.69, 9.17) is 5.26 Å². The van der Waals surface area contributed by atoms with Crippen LogP contribution < -0.4 is 9.62 Å². The molecule has 0 saturated heterocycles. The zero-order chi connectivity index (χ0) is 23.3. The summed E-state index contributed by atoms with van der Waals surface area (Å²) in [4.78, 5) is 13.0. The van der Waals surface area contributed by atoms with Crippen LogP contribution in [-0.4, -0.2) is 20.9 Å². The fourth-order valence-electron chi connectivity index (χ4n) is 3.25. The molecular weight excluding hydrogens is 422 g/mol. The normalized spacial score (nSPS) is 10.9. The van der Waals surface area contributed by atoms with Crippen molar-refractivity contribution in [2.24, 2.45) is 0 Å². The van der Waals surface area contributed by atoms with E-state index < -0.39 is 15.9 Å². The molecule has 1 amide bonds. The molecule has 0 saturated carbocycles. The first-order valence-corrected chi connectivity index (χ1v) is 11.6. The Bertz CT molecular complexity index is 1260. The van der Waals surface area contributed by atoms with E-state index >= 15 is 0 Å². The summed E-state index contributed by atoms with van der Waals surface area (Å²) in [5.74, 6) is -0.463. The molecule has 0 atom stereocenters. The number of aryl methyl sites for hydroxylation is 3. The summed E-state index contributed by atoms with van der Waals surface area (Å²) >= 11 is 0. The minimum Gasteiger partial charge on any atom is -0.325 e. The highest BCUT2D eigenvalue weighted by Gasteiger charge is 2.28. The third kappa shape index (κ3) is 5.34. The largest absolute Gasteiger partial charge is 0.325 e. The molecule has 0 radical (unpaired) electrons. The van der Waals surface area contributed by atoms with Gasteiger partial charge in [-0.15, -0.1) is 0 Å². The first-order valence-electron chi connectivity index (χ1n) is 10.1. The van der Waals surface area contributed by atoms with Crippen molar-refractivity contribution in [3.63, 3.8) is 0 Å². The van der Waals surface area contributed by atoms with Crippen LogP contribution >= 0.6 is 0 Å². The number of hydrogen-bond acceptors (Lipinski definition) is 4. The summed E-state index contributed by atoms with van der Waals surface area (Å²) in [6, 6.07) is 21.1. The Morgan fingerprint density at radius 3 is 2.19 bits per heavy atom. The molecule has 0 unspecified atom stereocenters. The summed E-state index contributed by atoms with van der Waals surface area (Å²) < 4.78 is 28.2. The van der Waals surface area contributed by atoms with E-state index in [1.165, 1.54) is 0 Å². The number of hydrogen-bond donors (Lipinski definition) is 1. The second kappa shape index (κ2) is 9.67. The van der Waals surface area contributed by atoms with Crippen LogP contribution in [-0.2, 0) is 21.2 Å². The van der Waals surface area contributed by atoms with Crippen molar-refractivity contribution in [1.29, 1.82) is 5.26 Å². The molecule has 0 aromatic heterocycles. The van der Waals surface area contributed by atoms with Crippen LogP contribution in [0.15, 0.2) is 71.6 Å². The minimum absolute atomic E-state index is 0.123. The third-order valence-electron chi connectivity index (χ3n) is 5.05. The lowest BCUT2D eigenvalue weighted by Gasteiger charge is -2.26. The number of anilines is 2. The summed E-state index contributed by atoms with van der Waals surface area (Å²) in [5, 5.41) is 11.5. The van der Waals surface area contributed by atoms with Crippen molar-refractivity contribution in [3.8, 4) is 6.07 Å². The average molecular weight is 448 g/mol. The number of rotatable bonds is 7. The Morgan fingerprint density at radius 1 is 0.938 bits per heavy atom. The molecular formula is C25H25N3O3S. The standard InChI is InChI=1S/C25H25N3O3S/c1-18-5-12-23(13-6-18)32(30,31)28(24-16-19(2)4-7-20(24)3)17-25(29)27-22-10-8-21(9-11-22)14-15-26/h4-13,16H,14,17H2,1-3H3,(H,27,29). The van der Waals surface area contributed by atoms with Crippen LogP contribution in [0.5, 0.6) is 0 Å². The molecule has 0 aliphatic heterocycles. The first kappa shape index (κ1) is 23.0. The highest BCUT2D eigenvalue weighted by Crippen LogP contribution is 2.28. The van der Waals surface area contributed by atoms with Gasteiger partial charge >= 0.3 is 0 Å². The van der Waals surface area contributed by atoms with Gasteiger partial charge in [0.05, 0.1) is 23.1 Å². The lowest BCUT2D eigenvalue weighted by molar-refractivity contribution is -0.114. The fourth-order valence-corrected chi connectivity index (χ4v) is 4.73. The maximum absolute atomic E-state index is 13.5. The van der Waals surface area contributed by atoms with Gasteiger partial charge in [-0.05, 0) is 67.8 Å². The predicted molar refractivity (Wildman–Crippen MR) is 126 cm³/mol. The topological polar surface area (TPSA) is 90.3 Å². The highest BCUT2D eigenvalue weighted by atomic mass is 32.2. The molecule has 3 rings (SSSR count). The Labute approximate surface area is 189 Å². The Kier molecular flexibility index (Phi) is 6.96. The molecule has 3 aromatic carbocycles. The molecule has 6 nitrogen and oxygen atoms in total. The molecule has 0 bridgehead atoms. The summed E-state index contributed by atoms with van der Waals surface area (Å²) in [7, 11) is -3.98. The smallest absolute Gasteiger partial charge is 0.264 e. The molecule has 32 heavy (non-hydrogen) atoms. The summed E-state index contributed by atoms with van der Waals surface area (Å²) in [6.45, 7) is 5.20. The molecule has 3 aromatic rings. The first-order chi connectivity index (χ1) is 15.2. The fraction of sp³-hybridized carbons (Fsp3) is 0.200. The van der Waals surface area contributed by atoms with Gasteiger partial charge in [-0.3, -0.25) is 9.10 Å². The maximum Gasteiger partial charge on any atom is 0.264 e. The van der Waals surface area contributed by atoms with Crippen molar-refractivity contribution in [1.82, 2.24) is 0 Å². The molecule has 0 heterocycles. The quantitative estimate of drug-likeness (QED) is 0.577. The molecule has 164 valence electrons. The van der Waals surface area contributed by atoms with Crippen LogP contribution in [0.25, 0.3) is 0 Å². The molecule has 0 aliphatic carbocycles. The summed E-state index contributed by atoms with van der Waals surface area (Å²) in [5.41, 5.74) is 4.42. The van der Waals surface area contributed by atoms with Gasteiger partial charge < -0.3 is 5.32 Å². The SMILES string of the molecule is Cc1ccc(S(=O)(=O)N(CC(=O)Nc2ccc(CC#N)cc2)c2cc(C)ccc2C)cc1. The number of nitrogens with zero attached hydrogens (tertiary/aromatic N) is 2. The Balaban J connectivity index is 1.94. The van der Waals surface area contributed by atoms with Crippen molar-refractivity contribution in [3.05, 3.63) is 89.0 Å².